The standard InChI is InChI=1S/C26H28N2O2/c1-4-19(2)21-11-9-20(10-12-21)17-28-25-8-6-5-7-24(25)27-26(28)18-30-23-15-13-22(29-3)14-16-23/h5-16,19H,4,17-18H2,1-3H3. The van der Waals surface area contributed by atoms with Crippen LogP contribution in [0.3, 0.4) is 0 Å². The lowest BCUT2D eigenvalue weighted by Crippen LogP contribution is -2.08. The second-order valence-electron chi connectivity index (χ2n) is 7.62. The summed E-state index contributed by atoms with van der Waals surface area (Å²) >= 11 is 0. The Balaban J connectivity index is 1.58. The van der Waals surface area contributed by atoms with Gasteiger partial charge in [-0.05, 0) is 59.9 Å². The third-order valence-electron chi connectivity index (χ3n) is 5.66. The fraction of sp³-hybridized carbons (Fsp3) is 0.269. The average Bonchev–Trinajstić information content (AvgIpc) is 3.15. The molecule has 0 saturated carbocycles. The number of fused-ring (bicyclic) bond motifs is 1. The topological polar surface area (TPSA) is 36.3 Å². The normalized spacial score (nSPS) is 12.1. The highest BCUT2D eigenvalue weighted by molar-refractivity contribution is 5.76. The van der Waals surface area contributed by atoms with Gasteiger partial charge >= 0.3 is 0 Å². The van der Waals surface area contributed by atoms with Crippen molar-refractivity contribution in [1.82, 2.24) is 9.55 Å². The molecule has 0 aliphatic carbocycles. The summed E-state index contributed by atoms with van der Waals surface area (Å²) in [6, 6.07) is 24.8. The molecule has 0 amide bonds. The number of benzene rings is 3. The Bertz CT molecular complexity index is 1100. The molecule has 4 nitrogen and oxygen atoms in total. The molecule has 0 saturated heterocycles. The van der Waals surface area contributed by atoms with Crippen LogP contribution in [-0.2, 0) is 13.2 Å². The van der Waals surface area contributed by atoms with Crippen LogP contribution in [0.4, 0.5) is 0 Å². The molecular weight excluding hydrogens is 372 g/mol. The zero-order chi connectivity index (χ0) is 20.9. The van der Waals surface area contributed by atoms with E-state index in [-0.39, 0.29) is 0 Å². The SMILES string of the molecule is CCC(C)c1ccc(Cn2c(COc3ccc(OC)cc3)nc3ccccc32)cc1. The van der Waals surface area contributed by atoms with Crippen LogP contribution in [0, 0.1) is 0 Å². The van der Waals surface area contributed by atoms with Crippen LogP contribution >= 0.6 is 0 Å². The van der Waals surface area contributed by atoms with Crippen LogP contribution in [-0.4, -0.2) is 16.7 Å². The van der Waals surface area contributed by atoms with Gasteiger partial charge in [-0.15, -0.1) is 0 Å². The first kappa shape index (κ1) is 20.0. The summed E-state index contributed by atoms with van der Waals surface area (Å²) < 4.78 is 13.5. The number of para-hydroxylation sites is 2. The van der Waals surface area contributed by atoms with Gasteiger partial charge in [0.2, 0.25) is 0 Å². The van der Waals surface area contributed by atoms with Crippen molar-refractivity contribution in [2.45, 2.75) is 39.3 Å². The van der Waals surface area contributed by atoms with E-state index in [0.717, 1.165) is 41.3 Å². The Labute approximate surface area is 178 Å². The summed E-state index contributed by atoms with van der Waals surface area (Å²) in [5.41, 5.74) is 4.76. The Morgan fingerprint density at radius 2 is 1.60 bits per heavy atom. The molecule has 1 heterocycles. The van der Waals surface area contributed by atoms with Crippen LogP contribution in [0.2, 0.25) is 0 Å². The summed E-state index contributed by atoms with van der Waals surface area (Å²) in [6.45, 7) is 5.67. The Morgan fingerprint density at radius 1 is 0.900 bits per heavy atom. The Morgan fingerprint density at radius 3 is 2.30 bits per heavy atom. The van der Waals surface area contributed by atoms with Gasteiger partial charge in [0.15, 0.2) is 0 Å². The quantitative estimate of drug-likeness (QED) is 0.354. The molecule has 0 radical (unpaired) electrons. The van der Waals surface area contributed by atoms with Crippen molar-refractivity contribution in [3.05, 3.63) is 89.7 Å². The predicted octanol–water partition coefficient (Wildman–Crippen LogP) is 6.19. The monoisotopic (exact) mass is 400 g/mol. The van der Waals surface area contributed by atoms with Crippen molar-refractivity contribution in [2.75, 3.05) is 7.11 Å². The van der Waals surface area contributed by atoms with E-state index < -0.39 is 0 Å². The van der Waals surface area contributed by atoms with E-state index in [4.69, 9.17) is 14.5 Å². The lowest BCUT2D eigenvalue weighted by atomic mass is 9.98. The maximum absolute atomic E-state index is 6.03. The molecule has 1 aromatic heterocycles. The third-order valence-corrected chi connectivity index (χ3v) is 5.66. The number of methoxy groups -OCH3 is 1. The first-order valence-corrected chi connectivity index (χ1v) is 10.5. The molecule has 1 atom stereocenters. The molecule has 4 aromatic rings. The largest absolute Gasteiger partial charge is 0.497 e. The fourth-order valence-corrected chi connectivity index (χ4v) is 3.60. The van der Waals surface area contributed by atoms with Gasteiger partial charge in [-0.3, -0.25) is 0 Å². The number of ether oxygens (including phenoxy) is 2. The fourth-order valence-electron chi connectivity index (χ4n) is 3.60. The molecule has 4 heteroatoms. The number of nitrogens with zero attached hydrogens (tertiary/aromatic N) is 2. The van der Waals surface area contributed by atoms with Crippen molar-refractivity contribution in [3.8, 4) is 11.5 Å². The highest BCUT2D eigenvalue weighted by atomic mass is 16.5. The number of imidazole rings is 1. The molecule has 3 aromatic carbocycles. The van der Waals surface area contributed by atoms with E-state index in [1.807, 2.05) is 30.3 Å². The second-order valence-corrected chi connectivity index (χ2v) is 7.62. The third kappa shape index (κ3) is 4.33. The Kier molecular flexibility index (Phi) is 6.03. The van der Waals surface area contributed by atoms with E-state index in [2.05, 4.69) is 60.9 Å². The number of aromatic nitrogens is 2. The molecule has 0 aliphatic rings. The summed E-state index contributed by atoms with van der Waals surface area (Å²) in [7, 11) is 1.66. The second kappa shape index (κ2) is 9.04. The first-order valence-electron chi connectivity index (χ1n) is 10.5. The summed E-state index contributed by atoms with van der Waals surface area (Å²) in [5.74, 6) is 3.11. The lowest BCUT2D eigenvalue weighted by molar-refractivity contribution is 0.290. The van der Waals surface area contributed by atoms with Crippen molar-refractivity contribution in [1.29, 1.82) is 0 Å². The van der Waals surface area contributed by atoms with Crippen molar-refractivity contribution < 1.29 is 9.47 Å². The molecule has 0 spiro atoms. The van der Waals surface area contributed by atoms with Gasteiger partial charge in [0.05, 0.1) is 18.1 Å². The molecule has 0 fully saturated rings. The highest BCUT2D eigenvalue weighted by Gasteiger charge is 2.12. The summed E-state index contributed by atoms with van der Waals surface area (Å²) in [4.78, 5) is 4.83. The van der Waals surface area contributed by atoms with Crippen LogP contribution in [0.15, 0.2) is 72.8 Å². The average molecular weight is 401 g/mol. The van der Waals surface area contributed by atoms with Gasteiger partial charge < -0.3 is 14.0 Å². The minimum Gasteiger partial charge on any atom is -0.497 e. The molecule has 30 heavy (non-hydrogen) atoms. The Hall–Kier alpha value is -3.27. The molecule has 0 N–H and O–H groups in total. The van der Waals surface area contributed by atoms with Gasteiger partial charge in [-0.25, -0.2) is 4.98 Å². The molecule has 0 aliphatic heterocycles. The van der Waals surface area contributed by atoms with Gasteiger partial charge in [0.25, 0.3) is 0 Å². The molecule has 1 unspecified atom stereocenters. The summed E-state index contributed by atoms with van der Waals surface area (Å²) in [5, 5.41) is 0. The maximum Gasteiger partial charge on any atom is 0.148 e. The van der Waals surface area contributed by atoms with Crippen molar-refractivity contribution in [3.63, 3.8) is 0 Å². The van der Waals surface area contributed by atoms with E-state index >= 15 is 0 Å². The van der Waals surface area contributed by atoms with Crippen LogP contribution < -0.4 is 9.47 Å². The maximum atomic E-state index is 6.03. The number of rotatable bonds is 8. The van der Waals surface area contributed by atoms with Gasteiger partial charge in [-0.1, -0.05) is 50.2 Å². The van der Waals surface area contributed by atoms with E-state index in [0.29, 0.717) is 12.5 Å². The predicted molar refractivity (Wildman–Crippen MR) is 121 cm³/mol. The number of hydrogen-bond donors (Lipinski definition) is 0. The van der Waals surface area contributed by atoms with Gasteiger partial charge in [0.1, 0.15) is 23.9 Å². The summed E-state index contributed by atoms with van der Waals surface area (Å²) in [6.07, 6.45) is 1.15. The van der Waals surface area contributed by atoms with Crippen LogP contribution in [0.1, 0.15) is 43.1 Å². The minimum atomic E-state index is 0.409. The highest BCUT2D eigenvalue weighted by Crippen LogP contribution is 2.23. The zero-order valence-corrected chi connectivity index (χ0v) is 17.8. The number of hydrogen-bond acceptors (Lipinski definition) is 3. The molecule has 154 valence electrons. The van der Waals surface area contributed by atoms with E-state index in [1.165, 1.54) is 11.1 Å². The molecule has 0 bridgehead atoms. The minimum absolute atomic E-state index is 0.409. The van der Waals surface area contributed by atoms with Crippen molar-refractivity contribution in [2.24, 2.45) is 0 Å². The van der Waals surface area contributed by atoms with Gasteiger partial charge in [-0.2, -0.15) is 0 Å². The van der Waals surface area contributed by atoms with Crippen LogP contribution in [0.5, 0.6) is 11.5 Å². The van der Waals surface area contributed by atoms with E-state index in [9.17, 15) is 0 Å². The zero-order valence-electron chi connectivity index (χ0n) is 17.8. The first-order chi connectivity index (χ1) is 14.7. The van der Waals surface area contributed by atoms with E-state index in [1.54, 1.807) is 7.11 Å². The molecule has 4 rings (SSSR count). The smallest absolute Gasteiger partial charge is 0.148 e. The molecular formula is C26H28N2O2. The lowest BCUT2D eigenvalue weighted by Gasteiger charge is -2.13. The van der Waals surface area contributed by atoms with Gasteiger partial charge in [0, 0.05) is 6.54 Å². The van der Waals surface area contributed by atoms with Crippen LogP contribution in [0.25, 0.3) is 11.0 Å². The van der Waals surface area contributed by atoms with Crippen molar-refractivity contribution >= 4 is 11.0 Å².